The maximum absolute atomic E-state index is 10.6. The van der Waals surface area contributed by atoms with E-state index < -0.39 is 40.8 Å². The average molecular weight is 221 g/mol. The van der Waals surface area contributed by atoms with Gasteiger partial charge in [0.05, 0.1) is 4.92 Å². The van der Waals surface area contributed by atoms with Crippen LogP contribution in [0, 0.1) is 10.1 Å². The molecule has 0 bridgehead atoms. The predicted octanol–water partition coefficient (Wildman–Crippen LogP) is -1.80. The molecule has 0 aromatic rings. The van der Waals surface area contributed by atoms with Crippen molar-refractivity contribution in [1.82, 2.24) is 0 Å². The summed E-state index contributed by atoms with van der Waals surface area (Å²) in [6, 6.07) is 0. The van der Waals surface area contributed by atoms with Gasteiger partial charge in [-0.3, -0.25) is 10.1 Å². The topological polar surface area (TPSA) is 150 Å². The second kappa shape index (κ2) is 3.71. The predicted molar refractivity (Wildman–Crippen MR) is 41.2 cm³/mol. The SMILES string of the molecule is O=C1O[C@H]([C@@H](O)C(O)[N+](=O)[O-])C(O)=C1O. The Morgan fingerprint density at radius 1 is 1.40 bits per heavy atom. The number of hydrogen-bond donors (Lipinski definition) is 4. The van der Waals surface area contributed by atoms with Crippen molar-refractivity contribution in [3.8, 4) is 0 Å². The molecule has 0 saturated carbocycles. The minimum atomic E-state index is -2.43. The lowest BCUT2D eigenvalue weighted by Crippen LogP contribution is -2.43. The van der Waals surface area contributed by atoms with Gasteiger partial charge in [-0.05, 0) is 0 Å². The van der Waals surface area contributed by atoms with Crippen molar-refractivity contribution in [1.29, 1.82) is 0 Å². The molecule has 4 N–H and O–H groups in total. The van der Waals surface area contributed by atoms with Crippen molar-refractivity contribution < 1.29 is 34.9 Å². The van der Waals surface area contributed by atoms with Crippen molar-refractivity contribution in [2.24, 2.45) is 0 Å². The van der Waals surface area contributed by atoms with Gasteiger partial charge in [0, 0.05) is 0 Å². The molecule has 1 heterocycles. The maximum atomic E-state index is 10.6. The van der Waals surface area contributed by atoms with Crippen LogP contribution >= 0.6 is 0 Å². The summed E-state index contributed by atoms with van der Waals surface area (Å²) in [5.74, 6) is -3.52. The van der Waals surface area contributed by atoms with Gasteiger partial charge in [-0.2, -0.15) is 0 Å². The van der Waals surface area contributed by atoms with Gasteiger partial charge >= 0.3 is 12.2 Å². The highest BCUT2D eigenvalue weighted by molar-refractivity contribution is 5.89. The number of esters is 1. The third-order valence-electron chi connectivity index (χ3n) is 1.77. The van der Waals surface area contributed by atoms with E-state index in [-0.39, 0.29) is 0 Å². The molecule has 1 unspecified atom stereocenters. The van der Waals surface area contributed by atoms with Gasteiger partial charge in [0.25, 0.3) is 0 Å². The summed E-state index contributed by atoms with van der Waals surface area (Å²) in [7, 11) is 0. The maximum Gasteiger partial charge on any atom is 0.378 e. The first kappa shape index (κ1) is 11.2. The summed E-state index contributed by atoms with van der Waals surface area (Å²) < 4.78 is 4.19. The molecule has 9 nitrogen and oxygen atoms in total. The standard InChI is InChI=1S/C6H7NO8/c8-1-2(9)6(12)15-4(1)3(10)5(11)7(13)14/h3-5,8-11H/t3-,4+,5?/m1/s1. The first-order valence-corrected chi connectivity index (χ1v) is 3.69. The number of nitro groups is 1. The monoisotopic (exact) mass is 221 g/mol. The highest BCUT2D eigenvalue weighted by atomic mass is 16.7. The summed E-state index contributed by atoms with van der Waals surface area (Å²) in [5, 5.41) is 45.8. The number of ether oxygens (including phenoxy) is 1. The minimum Gasteiger partial charge on any atom is -0.505 e. The minimum absolute atomic E-state index is 1.05. The van der Waals surface area contributed by atoms with E-state index in [0.29, 0.717) is 0 Å². The Bertz CT molecular complexity index is 336. The van der Waals surface area contributed by atoms with Crippen LogP contribution in [0.15, 0.2) is 11.5 Å². The number of carbonyl (C=O) groups is 1. The van der Waals surface area contributed by atoms with Crippen LogP contribution in [0.2, 0.25) is 0 Å². The lowest BCUT2D eigenvalue weighted by atomic mass is 10.1. The molecule has 0 aromatic carbocycles. The van der Waals surface area contributed by atoms with Crippen molar-refractivity contribution in [3.63, 3.8) is 0 Å². The molecule has 0 amide bonds. The molecule has 9 heteroatoms. The Labute approximate surface area is 82.0 Å². The summed E-state index contributed by atoms with van der Waals surface area (Å²) >= 11 is 0. The van der Waals surface area contributed by atoms with E-state index in [1.165, 1.54) is 0 Å². The van der Waals surface area contributed by atoms with Crippen LogP contribution in [0.4, 0.5) is 0 Å². The number of nitrogens with zero attached hydrogens (tertiary/aromatic N) is 1. The molecule has 15 heavy (non-hydrogen) atoms. The molecular weight excluding hydrogens is 214 g/mol. The second-order valence-electron chi connectivity index (χ2n) is 2.75. The van der Waals surface area contributed by atoms with E-state index in [0.717, 1.165) is 0 Å². The first-order valence-electron chi connectivity index (χ1n) is 3.69. The number of aliphatic hydroxyl groups is 4. The number of carbonyl (C=O) groups excluding carboxylic acids is 1. The zero-order chi connectivity index (χ0) is 11.7. The highest BCUT2D eigenvalue weighted by Gasteiger charge is 2.45. The number of rotatable bonds is 3. The van der Waals surface area contributed by atoms with E-state index in [1.807, 2.05) is 0 Å². The molecule has 84 valence electrons. The molecule has 0 radical (unpaired) electrons. The summed E-state index contributed by atoms with van der Waals surface area (Å²) in [6.07, 6.45) is -6.43. The summed E-state index contributed by atoms with van der Waals surface area (Å²) in [6.45, 7) is 0. The first-order chi connectivity index (χ1) is 6.86. The molecule has 1 aliphatic rings. The van der Waals surface area contributed by atoms with Crippen molar-refractivity contribution in [2.45, 2.75) is 18.4 Å². The molecule has 0 aliphatic carbocycles. The van der Waals surface area contributed by atoms with Gasteiger partial charge in [0.2, 0.25) is 5.76 Å². The van der Waals surface area contributed by atoms with Gasteiger partial charge in [-0.15, -0.1) is 0 Å². The van der Waals surface area contributed by atoms with Crippen LogP contribution in [-0.4, -0.2) is 49.8 Å². The fourth-order valence-corrected chi connectivity index (χ4v) is 0.979. The molecule has 3 atom stereocenters. The van der Waals surface area contributed by atoms with Gasteiger partial charge in [-0.25, -0.2) is 4.79 Å². The van der Waals surface area contributed by atoms with Crippen molar-refractivity contribution in [3.05, 3.63) is 21.6 Å². The number of cyclic esters (lactones) is 1. The quantitative estimate of drug-likeness (QED) is 0.188. The third kappa shape index (κ3) is 1.82. The van der Waals surface area contributed by atoms with Crippen molar-refractivity contribution >= 4 is 5.97 Å². The average Bonchev–Trinajstić information content (AvgIpc) is 2.43. The molecule has 0 saturated heterocycles. The lowest BCUT2D eigenvalue weighted by molar-refractivity contribution is -0.584. The molecule has 0 aromatic heterocycles. The molecule has 0 spiro atoms. The van der Waals surface area contributed by atoms with E-state index in [9.17, 15) is 14.9 Å². The van der Waals surface area contributed by atoms with E-state index in [2.05, 4.69) is 4.74 Å². The Morgan fingerprint density at radius 2 is 1.93 bits per heavy atom. The fourth-order valence-electron chi connectivity index (χ4n) is 0.979. The Morgan fingerprint density at radius 3 is 2.27 bits per heavy atom. The zero-order valence-electron chi connectivity index (χ0n) is 7.10. The normalized spacial score (nSPS) is 24.9. The zero-order valence-corrected chi connectivity index (χ0v) is 7.10. The second-order valence-corrected chi connectivity index (χ2v) is 2.75. The van der Waals surface area contributed by atoms with E-state index in [1.54, 1.807) is 0 Å². The summed E-state index contributed by atoms with van der Waals surface area (Å²) in [4.78, 5) is 19.5. The Hall–Kier alpha value is -1.87. The molecule has 0 fully saturated rings. The van der Waals surface area contributed by atoms with E-state index >= 15 is 0 Å². The van der Waals surface area contributed by atoms with Gasteiger partial charge < -0.3 is 25.2 Å². The fraction of sp³-hybridized carbons (Fsp3) is 0.500. The third-order valence-corrected chi connectivity index (χ3v) is 1.77. The van der Waals surface area contributed by atoms with Crippen LogP contribution in [0.1, 0.15) is 0 Å². The molecule has 1 aliphatic heterocycles. The molecular formula is C6H7NO8. The van der Waals surface area contributed by atoms with Gasteiger partial charge in [0.1, 0.15) is 0 Å². The van der Waals surface area contributed by atoms with E-state index in [4.69, 9.17) is 20.4 Å². The largest absolute Gasteiger partial charge is 0.505 e. The van der Waals surface area contributed by atoms with Crippen LogP contribution in [0.3, 0.4) is 0 Å². The van der Waals surface area contributed by atoms with Gasteiger partial charge in [-0.1, -0.05) is 0 Å². The Balaban J connectivity index is 2.84. The van der Waals surface area contributed by atoms with Crippen LogP contribution in [0.25, 0.3) is 0 Å². The lowest BCUT2D eigenvalue weighted by Gasteiger charge is -2.16. The summed E-state index contributed by atoms with van der Waals surface area (Å²) in [5.41, 5.74) is 0. The van der Waals surface area contributed by atoms with Gasteiger partial charge in [0.15, 0.2) is 18.0 Å². The van der Waals surface area contributed by atoms with Crippen LogP contribution in [0.5, 0.6) is 0 Å². The van der Waals surface area contributed by atoms with Crippen LogP contribution in [-0.2, 0) is 9.53 Å². The number of aliphatic hydroxyl groups excluding tert-OH is 4. The highest BCUT2D eigenvalue weighted by Crippen LogP contribution is 2.22. The Kier molecular flexibility index (Phi) is 2.77. The molecule has 1 rings (SSSR count). The number of hydrogen-bond acceptors (Lipinski definition) is 8. The smallest absolute Gasteiger partial charge is 0.378 e. The van der Waals surface area contributed by atoms with Crippen molar-refractivity contribution in [2.75, 3.05) is 0 Å². The van der Waals surface area contributed by atoms with Crippen LogP contribution < -0.4 is 0 Å².